The van der Waals surface area contributed by atoms with Crippen LogP contribution in [0.15, 0.2) is 18.2 Å². The molecule has 0 spiro atoms. The number of thiocarbonyl (C=S) groups is 1. The van der Waals surface area contributed by atoms with Crippen molar-refractivity contribution < 1.29 is 0 Å². The lowest BCUT2D eigenvalue weighted by atomic mass is 10.0. The van der Waals surface area contributed by atoms with Gasteiger partial charge in [0.25, 0.3) is 0 Å². The monoisotopic (exact) mass is 303 g/mol. The molecule has 2 N–H and O–H groups in total. The zero-order chi connectivity index (χ0) is 14.8. The standard InChI is InChI=1S/C17H25N3S/c1-13-10-14(17(18)21)4-5-15(13)11-19-9-6-16(12-19)20-7-2-3-8-20/h4-5,10,16H,2-3,6-9,11-12H2,1H3,(H2,18,21). The largest absolute Gasteiger partial charge is 0.389 e. The molecule has 1 unspecified atom stereocenters. The van der Waals surface area contributed by atoms with Crippen molar-refractivity contribution in [2.45, 2.75) is 38.8 Å². The average molecular weight is 303 g/mol. The highest BCUT2D eigenvalue weighted by Gasteiger charge is 2.29. The molecule has 2 fully saturated rings. The number of hydrogen-bond donors (Lipinski definition) is 1. The van der Waals surface area contributed by atoms with E-state index in [0.717, 1.165) is 18.2 Å². The van der Waals surface area contributed by atoms with E-state index in [1.807, 2.05) is 0 Å². The summed E-state index contributed by atoms with van der Waals surface area (Å²) in [5.41, 5.74) is 9.37. The van der Waals surface area contributed by atoms with Crippen LogP contribution in [0, 0.1) is 6.92 Å². The van der Waals surface area contributed by atoms with Crippen LogP contribution in [0.25, 0.3) is 0 Å². The minimum absolute atomic E-state index is 0.486. The van der Waals surface area contributed by atoms with E-state index in [1.165, 1.54) is 56.6 Å². The normalized spacial score (nSPS) is 23.8. The first-order chi connectivity index (χ1) is 10.1. The Morgan fingerprint density at radius 1 is 1.29 bits per heavy atom. The Hall–Kier alpha value is -0.970. The highest BCUT2D eigenvalue weighted by molar-refractivity contribution is 7.80. The molecule has 3 nitrogen and oxygen atoms in total. The summed E-state index contributed by atoms with van der Waals surface area (Å²) < 4.78 is 0. The fourth-order valence-electron chi connectivity index (χ4n) is 3.63. The predicted octanol–water partition coefficient (Wildman–Crippen LogP) is 2.30. The minimum Gasteiger partial charge on any atom is -0.389 e. The quantitative estimate of drug-likeness (QED) is 0.865. The molecule has 3 rings (SSSR count). The Bertz CT molecular complexity index is 523. The van der Waals surface area contributed by atoms with Gasteiger partial charge in [-0.2, -0.15) is 0 Å². The molecule has 1 aromatic carbocycles. The van der Waals surface area contributed by atoms with Gasteiger partial charge in [-0.1, -0.05) is 24.4 Å². The van der Waals surface area contributed by atoms with E-state index < -0.39 is 0 Å². The third-order valence-electron chi connectivity index (χ3n) is 4.93. The van der Waals surface area contributed by atoms with Crippen LogP contribution < -0.4 is 5.73 Å². The SMILES string of the molecule is Cc1cc(C(N)=S)ccc1CN1CCC(N2CCCC2)C1. The lowest BCUT2D eigenvalue weighted by Gasteiger charge is -2.24. The van der Waals surface area contributed by atoms with E-state index in [9.17, 15) is 0 Å². The van der Waals surface area contributed by atoms with E-state index in [0.29, 0.717) is 4.99 Å². The predicted molar refractivity (Wildman–Crippen MR) is 91.6 cm³/mol. The topological polar surface area (TPSA) is 32.5 Å². The van der Waals surface area contributed by atoms with Gasteiger partial charge in [0.1, 0.15) is 4.99 Å². The molecule has 0 bridgehead atoms. The van der Waals surface area contributed by atoms with Gasteiger partial charge in [-0.05, 0) is 56.5 Å². The molecule has 21 heavy (non-hydrogen) atoms. The van der Waals surface area contributed by atoms with Gasteiger partial charge >= 0.3 is 0 Å². The minimum atomic E-state index is 0.486. The summed E-state index contributed by atoms with van der Waals surface area (Å²) in [5.74, 6) is 0. The zero-order valence-corrected chi connectivity index (χ0v) is 13.7. The molecule has 114 valence electrons. The second-order valence-electron chi connectivity index (χ2n) is 6.43. The van der Waals surface area contributed by atoms with Crippen LogP contribution in [0.1, 0.15) is 36.0 Å². The van der Waals surface area contributed by atoms with Gasteiger partial charge in [0.05, 0.1) is 0 Å². The molecule has 0 aliphatic carbocycles. The lowest BCUT2D eigenvalue weighted by Crippen LogP contribution is -2.35. The van der Waals surface area contributed by atoms with Crippen LogP contribution >= 0.6 is 12.2 Å². The van der Waals surface area contributed by atoms with Gasteiger partial charge in [-0.25, -0.2) is 0 Å². The number of aryl methyl sites for hydroxylation is 1. The smallest absolute Gasteiger partial charge is 0.103 e. The van der Waals surface area contributed by atoms with Crippen molar-refractivity contribution in [3.05, 3.63) is 34.9 Å². The number of rotatable bonds is 4. The number of likely N-dealkylation sites (tertiary alicyclic amines) is 2. The van der Waals surface area contributed by atoms with Crippen LogP contribution in [0.3, 0.4) is 0 Å². The number of benzene rings is 1. The number of hydrogen-bond acceptors (Lipinski definition) is 3. The Morgan fingerprint density at radius 3 is 2.71 bits per heavy atom. The van der Waals surface area contributed by atoms with Gasteiger partial charge in [-0.3, -0.25) is 9.80 Å². The van der Waals surface area contributed by atoms with Crippen molar-refractivity contribution in [1.29, 1.82) is 0 Å². The van der Waals surface area contributed by atoms with E-state index in [-0.39, 0.29) is 0 Å². The summed E-state index contributed by atoms with van der Waals surface area (Å²) >= 11 is 5.05. The summed E-state index contributed by atoms with van der Waals surface area (Å²) in [6.45, 7) is 8.26. The van der Waals surface area contributed by atoms with Crippen molar-refractivity contribution in [1.82, 2.24) is 9.80 Å². The lowest BCUT2D eigenvalue weighted by molar-refractivity contribution is 0.230. The molecule has 1 atom stereocenters. The zero-order valence-electron chi connectivity index (χ0n) is 12.8. The van der Waals surface area contributed by atoms with E-state index in [1.54, 1.807) is 0 Å². The molecule has 2 heterocycles. The average Bonchev–Trinajstić information content (AvgIpc) is 3.11. The van der Waals surface area contributed by atoms with Crippen LogP contribution in [0.4, 0.5) is 0 Å². The van der Waals surface area contributed by atoms with E-state index in [2.05, 4.69) is 34.9 Å². The molecular weight excluding hydrogens is 278 g/mol. The molecule has 0 amide bonds. The summed E-state index contributed by atoms with van der Waals surface area (Å²) in [5, 5.41) is 0. The summed E-state index contributed by atoms with van der Waals surface area (Å²) in [6, 6.07) is 7.14. The second-order valence-corrected chi connectivity index (χ2v) is 6.87. The van der Waals surface area contributed by atoms with Gasteiger partial charge < -0.3 is 5.73 Å². The molecule has 2 aliphatic heterocycles. The van der Waals surface area contributed by atoms with Gasteiger partial charge in [0.15, 0.2) is 0 Å². The molecular formula is C17H25N3S. The maximum Gasteiger partial charge on any atom is 0.103 e. The van der Waals surface area contributed by atoms with E-state index in [4.69, 9.17) is 18.0 Å². The van der Waals surface area contributed by atoms with Crippen molar-refractivity contribution in [3.8, 4) is 0 Å². The number of nitrogens with two attached hydrogens (primary N) is 1. The summed E-state index contributed by atoms with van der Waals surface area (Å²) in [7, 11) is 0. The van der Waals surface area contributed by atoms with Gasteiger partial charge in [-0.15, -0.1) is 0 Å². The summed E-state index contributed by atoms with van der Waals surface area (Å²) in [4.78, 5) is 5.76. The second kappa shape index (κ2) is 6.42. The van der Waals surface area contributed by atoms with Crippen LogP contribution in [0.5, 0.6) is 0 Å². The first-order valence-electron chi connectivity index (χ1n) is 7.99. The van der Waals surface area contributed by atoms with Crippen molar-refractivity contribution in [2.75, 3.05) is 26.2 Å². The Kier molecular flexibility index (Phi) is 4.57. The van der Waals surface area contributed by atoms with Crippen molar-refractivity contribution in [3.63, 3.8) is 0 Å². The Balaban J connectivity index is 1.61. The highest BCUT2D eigenvalue weighted by Crippen LogP contribution is 2.23. The Morgan fingerprint density at radius 2 is 2.05 bits per heavy atom. The van der Waals surface area contributed by atoms with Crippen LogP contribution in [-0.2, 0) is 6.54 Å². The van der Waals surface area contributed by atoms with E-state index >= 15 is 0 Å². The summed E-state index contributed by atoms with van der Waals surface area (Å²) in [6.07, 6.45) is 4.09. The Labute approximate surface area is 133 Å². The first kappa shape index (κ1) is 14.9. The van der Waals surface area contributed by atoms with Crippen LogP contribution in [-0.4, -0.2) is 47.0 Å². The third-order valence-corrected chi connectivity index (χ3v) is 5.16. The first-order valence-corrected chi connectivity index (χ1v) is 8.40. The highest BCUT2D eigenvalue weighted by atomic mass is 32.1. The molecule has 1 aromatic rings. The van der Waals surface area contributed by atoms with Crippen LogP contribution in [0.2, 0.25) is 0 Å². The van der Waals surface area contributed by atoms with Gasteiger partial charge in [0, 0.05) is 31.2 Å². The molecule has 0 saturated carbocycles. The van der Waals surface area contributed by atoms with Gasteiger partial charge in [0.2, 0.25) is 0 Å². The molecule has 2 aliphatic rings. The number of nitrogens with zero attached hydrogens (tertiary/aromatic N) is 2. The third kappa shape index (κ3) is 3.44. The molecule has 0 aromatic heterocycles. The molecule has 0 radical (unpaired) electrons. The fourth-order valence-corrected chi connectivity index (χ4v) is 3.76. The molecule has 2 saturated heterocycles. The van der Waals surface area contributed by atoms with Crippen molar-refractivity contribution >= 4 is 17.2 Å². The fraction of sp³-hybridized carbons (Fsp3) is 0.588. The van der Waals surface area contributed by atoms with Crippen molar-refractivity contribution in [2.24, 2.45) is 5.73 Å². The maximum absolute atomic E-state index is 5.70. The maximum atomic E-state index is 5.70. The molecule has 4 heteroatoms.